The van der Waals surface area contributed by atoms with E-state index < -0.39 is 5.97 Å². The number of carbonyl (C=O) groups excluding carboxylic acids is 1. The summed E-state index contributed by atoms with van der Waals surface area (Å²) >= 11 is 0. The molecule has 0 fully saturated rings. The maximum Gasteiger partial charge on any atom is 0.315 e. The normalized spacial score (nSPS) is 11.9. The highest BCUT2D eigenvalue weighted by atomic mass is 16.4. The first-order chi connectivity index (χ1) is 7.10. The zero-order valence-electron chi connectivity index (χ0n) is 9.38. The van der Waals surface area contributed by atoms with E-state index in [2.05, 4.69) is 10.6 Å². The highest BCUT2D eigenvalue weighted by Gasteiger charge is 2.14. The van der Waals surface area contributed by atoms with Crippen molar-refractivity contribution in [3.63, 3.8) is 0 Å². The molecule has 0 spiro atoms. The second kappa shape index (κ2) is 8.08. The van der Waals surface area contributed by atoms with Gasteiger partial charge in [0, 0.05) is 12.6 Å². The lowest BCUT2D eigenvalue weighted by molar-refractivity contribution is -0.137. The van der Waals surface area contributed by atoms with E-state index >= 15 is 0 Å². The van der Waals surface area contributed by atoms with Crippen molar-refractivity contribution >= 4 is 12.0 Å². The van der Waals surface area contributed by atoms with Crippen molar-refractivity contribution < 1.29 is 14.7 Å². The molecule has 1 unspecified atom stereocenters. The molecule has 88 valence electrons. The van der Waals surface area contributed by atoms with Crippen molar-refractivity contribution in [1.82, 2.24) is 10.6 Å². The first-order valence-corrected chi connectivity index (χ1v) is 5.36. The molecule has 3 N–H and O–H groups in total. The number of amides is 2. The van der Waals surface area contributed by atoms with E-state index in [-0.39, 0.29) is 18.5 Å². The summed E-state index contributed by atoms with van der Waals surface area (Å²) in [6.45, 7) is 4.53. The largest absolute Gasteiger partial charge is 0.481 e. The first-order valence-electron chi connectivity index (χ1n) is 5.36. The molecular weight excluding hydrogens is 196 g/mol. The number of urea groups is 1. The summed E-state index contributed by atoms with van der Waals surface area (Å²) in [5.41, 5.74) is 0. The van der Waals surface area contributed by atoms with Gasteiger partial charge in [0.25, 0.3) is 0 Å². The van der Waals surface area contributed by atoms with Crippen LogP contribution >= 0.6 is 0 Å². The average Bonchev–Trinajstić information content (AvgIpc) is 2.14. The lowest BCUT2D eigenvalue weighted by Gasteiger charge is -2.16. The predicted octanol–water partition coefficient (Wildman–Crippen LogP) is 1.34. The minimum Gasteiger partial charge on any atom is -0.481 e. The van der Waals surface area contributed by atoms with E-state index in [1.54, 1.807) is 0 Å². The van der Waals surface area contributed by atoms with E-state index in [1.165, 1.54) is 0 Å². The molecule has 1 atom stereocenters. The van der Waals surface area contributed by atoms with Gasteiger partial charge in [-0.1, -0.05) is 20.3 Å². The molecule has 2 amide bonds. The Bertz CT molecular complexity index is 207. The molecule has 0 heterocycles. The number of hydrogen-bond donors (Lipinski definition) is 3. The molecular formula is C10H20N2O3. The van der Waals surface area contributed by atoms with E-state index in [1.807, 2.05) is 13.8 Å². The minimum atomic E-state index is -0.885. The summed E-state index contributed by atoms with van der Waals surface area (Å²) in [6.07, 6.45) is 2.38. The SMILES string of the molecule is CCCNC(=O)NC(CCC)CC(=O)O. The van der Waals surface area contributed by atoms with Gasteiger partial charge in [-0.15, -0.1) is 0 Å². The summed E-state index contributed by atoms with van der Waals surface area (Å²) in [5.74, 6) is -0.885. The Hall–Kier alpha value is -1.26. The number of carboxylic acid groups (broad SMARTS) is 1. The topological polar surface area (TPSA) is 78.4 Å². The lowest BCUT2D eigenvalue weighted by atomic mass is 10.1. The number of aliphatic carboxylic acids is 1. The Labute approximate surface area is 90.2 Å². The smallest absolute Gasteiger partial charge is 0.315 e. The maximum absolute atomic E-state index is 11.3. The summed E-state index contributed by atoms with van der Waals surface area (Å²) in [6, 6.07) is -0.555. The monoisotopic (exact) mass is 216 g/mol. The van der Waals surface area contributed by atoms with E-state index in [4.69, 9.17) is 5.11 Å². The molecule has 5 nitrogen and oxygen atoms in total. The Morgan fingerprint density at radius 2 is 1.93 bits per heavy atom. The van der Waals surface area contributed by atoms with Gasteiger partial charge in [0.05, 0.1) is 6.42 Å². The van der Waals surface area contributed by atoms with Gasteiger partial charge >= 0.3 is 12.0 Å². The van der Waals surface area contributed by atoms with Crippen LogP contribution in [0.15, 0.2) is 0 Å². The molecule has 5 heteroatoms. The van der Waals surface area contributed by atoms with Crippen molar-refractivity contribution in [3.8, 4) is 0 Å². The summed E-state index contributed by atoms with van der Waals surface area (Å²) in [5, 5.41) is 13.9. The standard InChI is InChI=1S/C10H20N2O3/c1-3-5-8(7-9(13)14)12-10(15)11-6-4-2/h8H,3-7H2,1-2H3,(H,13,14)(H2,11,12,15). The molecule has 0 saturated carbocycles. The predicted molar refractivity (Wildman–Crippen MR) is 57.8 cm³/mol. The van der Waals surface area contributed by atoms with Crippen LogP contribution in [0.1, 0.15) is 39.5 Å². The van der Waals surface area contributed by atoms with E-state index in [9.17, 15) is 9.59 Å². The Morgan fingerprint density at radius 1 is 1.27 bits per heavy atom. The molecule has 15 heavy (non-hydrogen) atoms. The van der Waals surface area contributed by atoms with Gasteiger partial charge in [-0.05, 0) is 12.8 Å². The van der Waals surface area contributed by atoms with Crippen molar-refractivity contribution in [3.05, 3.63) is 0 Å². The molecule has 0 aromatic heterocycles. The Morgan fingerprint density at radius 3 is 2.40 bits per heavy atom. The molecule has 0 saturated heterocycles. The molecule has 0 bridgehead atoms. The van der Waals surface area contributed by atoms with Gasteiger partial charge in [0.15, 0.2) is 0 Å². The van der Waals surface area contributed by atoms with Crippen molar-refractivity contribution in [2.24, 2.45) is 0 Å². The number of nitrogens with one attached hydrogen (secondary N) is 2. The Balaban J connectivity index is 3.92. The third-order valence-electron chi connectivity index (χ3n) is 1.93. The molecule has 0 aromatic rings. The van der Waals surface area contributed by atoms with Crippen molar-refractivity contribution in [1.29, 1.82) is 0 Å². The van der Waals surface area contributed by atoms with E-state index in [0.717, 1.165) is 12.8 Å². The first kappa shape index (κ1) is 13.7. The zero-order valence-corrected chi connectivity index (χ0v) is 9.38. The summed E-state index contributed by atoms with van der Waals surface area (Å²) < 4.78 is 0. The molecule has 0 aliphatic carbocycles. The van der Waals surface area contributed by atoms with Gasteiger partial charge in [-0.25, -0.2) is 4.79 Å². The van der Waals surface area contributed by atoms with Gasteiger partial charge in [-0.3, -0.25) is 4.79 Å². The molecule has 0 aliphatic rings. The van der Waals surface area contributed by atoms with Crippen LogP contribution in [-0.4, -0.2) is 29.7 Å². The molecule has 0 radical (unpaired) electrons. The second-order valence-electron chi connectivity index (χ2n) is 3.48. The maximum atomic E-state index is 11.3. The number of carbonyl (C=O) groups is 2. The fourth-order valence-corrected chi connectivity index (χ4v) is 1.26. The summed E-state index contributed by atoms with van der Waals surface area (Å²) in [7, 11) is 0. The van der Waals surface area contributed by atoms with Crippen LogP contribution < -0.4 is 10.6 Å². The fourth-order valence-electron chi connectivity index (χ4n) is 1.26. The van der Waals surface area contributed by atoms with Crippen LogP contribution in [-0.2, 0) is 4.79 Å². The third-order valence-corrected chi connectivity index (χ3v) is 1.93. The molecule has 0 rings (SSSR count). The van der Waals surface area contributed by atoms with E-state index in [0.29, 0.717) is 13.0 Å². The van der Waals surface area contributed by atoms with Crippen LogP contribution in [0.5, 0.6) is 0 Å². The van der Waals surface area contributed by atoms with Gasteiger partial charge in [0.1, 0.15) is 0 Å². The van der Waals surface area contributed by atoms with Crippen LogP contribution in [0.2, 0.25) is 0 Å². The Kier molecular flexibility index (Phi) is 7.40. The highest BCUT2D eigenvalue weighted by Crippen LogP contribution is 2.01. The number of hydrogen-bond acceptors (Lipinski definition) is 2. The van der Waals surface area contributed by atoms with Gasteiger partial charge in [-0.2, -0.15) is 0 Å². The number of rotatable bonds is 7. The van der Waals surface area contributed by atoms with Crippen molar-refractivity contribution in [2.45, 2.75) is 45.6 Å². The van der Waals surface area contributed by atoms with Gasteiger partial charge < -0.3 is 15.7 Å². The third kappa shape index (κ3) is 7.78. The average molecular weight is 216 g/mol. The minimum absolute atomic E-state index is 0.0205. The van der Waals surface area contributed by atoms with Crippen molar-refractivity contribution in [2.75, 3.05) is 6.54 Å². The van der Waals surface area contributed by atoms with Crippen LogP contribution in [0.25, 0.3) is 0 Å². The second-order valence-corrected chi connectivity index (χ2v) is 3.48. The highest BCUT2D eigenvalue weighted by molar-refractivity contribution is 5.75. The zero-order chi connectivity index (χ0) is 11.7. The quantitative estimate of drug-likeness (QED) is 0.601. The van der Waals surface area contributed by atoms with Crippen LogP contribution in [0.4, 0.5) is 4.79 Å². The van der Waals surface area contributed by atoms with Gasteiger partial charge in [0.2, 0.25) is 0 Å². The lowest BCUT2D eigenvalue weighted by Crippen LogP contribution is -2.43. The van der Waals surface area contributed by atoms with Crippen LogP contribution in [0, 0.1) is 0 Å². The number of carboxylic acids is 1. The fraction of sp³-hybridized carbons (Fsp3) is 0.800. The molecule has 0 aromatic carbocycles. The van der Waals surface area contributed by atoms with Crippen LogP contribution in [0.3, 0.4) is 0 Å². The molecule has 0 aliphatic heterocycles. The summed E-state index contributed by atoms with van der Waals surface area (Å²) in [4.78, 5) is 21.8.